The number of nitrogens with one attached hydrogen (secondary N) is 2. The minimum atomic E-state index is -0.197. The van der Waals surface area contributed by atoms with Gasteiger partial charge in [-0.25, -0.2) is 9.67 Å². The highest BCUT2D eigenvalue weighted by Gasteiger charge is 2.21. The van der Waals surface area contributed by atoms with Crippen molar-refractivity contribution in [3.63, 3.8) is 0 Å². The first kappa shape index (κ1) is 22.3. The average Bonchev–Trinajstić information content (AvgIpc) is 3.27. The maximum Gasteiger partial charge on any atom is 0.262 e. The molecule has 1 aliphatic heterocycles. The summed E-state index contributed by atoms with van der Waals surface area (Å²) < 4.78 is 1.68. The number of rotatable bonds is 6. The molecule has 0 spiro atoms. The van der Waals surface area contributed by atoms with Gasteiger partial charge in [0.25, 0.3) is 5.56 Å². The third-order valence-corrected chi connectivity index (χ3v) is 6.17. The number of nitrogens with zero attached hydrogens (tertiary/aromatic N) is 5. The molecule has 0 aliphatic carbocycles. The number of hydrogen-bond acceptors (Lipinski definition) is 6. The molecule has 174 valence electrons. The summed E-state index contributed by atoms with van der Waals surface area (Å²) in [5.41, 5.74) is 1.81. The molecule has 1 saturated heterocycles. The van der Waals surface area contributed by atoms with Crippen molar-refractivity contribution in [3.05, 3.63) is 82.0 Å². The number of carbonyl (C=O) groups is 1. The number of benzene rings is 2. The molecule has 9 nitrogen and oxygen atoms in total. The smallest absolute Gasteiger partial charge is 0.262 e. The first-order chi connectivity index (χ1) is 16.6. The van der Waals surface area contributed by atoms with Gasteiger partial charge in [0.15, 0.2) is 5.65 Å². The summed E-state index contributed by atoms with van der Waals surface area (Å²) in [4.78, 5) is 36.9. The van der Waals surface area contributed by atoms with Gasteiger partial charge in [0.05, 0.1) is 35.7 Å². The summed E-state index contributed by atoms with van der Waals surface area (Å²) in [6, 6.07) is 16.8. The highest BCUT2D eigenvalue weighted by atomic mass is 35.5. The van der Waals surface area contributed by atoms with Crippen molar-refractivity contribution in [2.24, 2.45) is 0 Å². The topological polar surface area (TPSA) is 99.2 Å². The number of aromatic amines is 1. The zero-order valence-electron chi connectivity index (χ0n) is 18.4. The molecule has 2 aromatic heterocycles. The van der Waals surface area contributed by atoms with Crippen molar-refractivity contribution >= 4 is 34.2 Å². The molecular weight excluding hydrogens is 454 g/mol. The largest absolute Gasteiger partial charge is 0.324 e. The summed E-state index contributed by atoms with van der Waals surface area (Å²) in [6.45, 7) is 3.83. The summed E-state index contributed by atoms with van der Waals surface area (Å²) in [7, 11) is 0. The van der Waals surface area contributed by atoms with Crippen molar-refractivity contribution in [2.75, 3.05) is 38.0 Å². The summed E-state index contributed by atoms with van der Waals surface area (Å²) in [6.07, 6.45) is 1.55. The van der Waals surface area contributed by atoms with Gasteiger partial charge in [-0.3, -0.25) is 19.4 Å². The predicted molar refractivity (Wildman–Crippen MR) is 131 cm³/mol. The summed E-state index contributed by atoms with van der Waals surface area (Å²) >= 11 is 6.12. The minimum Gasteiger partial charge on any atom is -0.324 e. The van der Waals surface area contributed by atoms with E-state index in [1.54, 1.807) is 23.0 Å². The minimum absolute atomic E-state index is 0.0906. The number of H-pyrrole nitrogens is 1. The Morgan fingerprint density at radius 2 is 1.71 bits per heavy atom. The zero-order valence-corrected chi connectivity index (χ0v) is 19.2. The highest BCUT2D eigenvalue weighted by Crippen LogP contribution is 2.20. The Bertz CT molecular complexity index is 1360. The molecule has 2 aromatic carbocycles. The Morgan fingerprint density at radius 3 is 2.47 bits per heavy atom. The number of fused-ring (bicyclic) bond motifs is 1. The average molecular weight is 478 g/mol. The van der Waals surface area contributed by atoms with Crippen molar-refractivity contribution in [1.82, 2.24) is 29.5 Å². The maximum absolute atomic E-state index is 12.6. The monoisotopic (exact) mass is 477 g/mol. The Morgan fingerprint density at radius 1 is 1.00 bits per heavy atom. The van der Waals surface area contributed by atoms with E-state index in [-0.39, 0.29) is 11.5 Å². The number of halogens is 1. The molecule has 0 bridgehead atoms. The van der Waals surface area contributed by atoms with Gasteiger partial charge in [-0.05, 0) is 24.3 Å². The second-order valence-electron chi connectivity index (χ2n) is 8.22. The van der Waals surface area contributed by atoms with Crippen LogP contribution in [0.5, 0.6) is 0 Å². The van der Waals surface area contributed by atoms with Crippen LogP contribution in [0.2, 0.25) is 5.02 Å². The lowest BCUT2D eigenvalue weighted by atomic mass is 10.3. The quantitative estimate of drug-likeness (QED) is 0.442. The van der Waals surface area contributed by atoms with Crippen LogP contribution in [-0.2, 0) is 11.3 Å². The Labute approximate surface area is 201 Å². The highest BCUT2D eigenvalue weighted by molar-refractivity contribution is 6.33. The van der Waals surface area contributed by atoms with Gasteiger partial charge in [0, 0.05) is 26.2 Å². The number of aromatic nitrogens is 4. The third-order valence-electron chi connectivity index (χ3n) is 5.84. The van der Waals surface area contributed by atoms with E-state index < -0.39 is 0 Å². The number of amides is 1. The molecule has 10 heteroatoms. The number of para-hydroxylation sites is 2. The SMILES string of the molecule is O=C(CN1CCN(Cc2nc3c(cnn3-c3ccccc3)c(=O)[nH]2)CC1)Nc1ccccc1Cl. The molecule has 3 heterocycles. The molecule has 0 unspecified atom stereocenters. The van der Waals surface area contributed by atoms with Crippen LogP contribution in [0, 0.1) is 0 Å². The van der Waals surface area contributed by atoms with Crippen LogP contribution in [0.1, 0.15) is 5.82 Å². The van der Waals surface area contributed by atoms with E-state index in [9.17, 15) is 9.59 Å². The van der Waals surface area contributed by atoms with Gasteiger partial charge in [-0.2, -0.15) is 5.10 Å². The van der Waals surface area contributed by atoms with E-state index in [2.05, 4.69) is 25.2 Å². The number of piperazine rings is 1. The van der Waals surface area contributed by atoms with Crippen LogP contribution in [-0.4, -0.2) is 68.2 Å². The van der Waals surface area contributed by atoms with E-state index in [1.165, 1.54) is 0 Å². The standard InChI is InChI=1S/C24H24ClN7O2/c25-19-8-4-5-9-20(19)27-22(33)16-31-12-10-30(11-13-31)15-21-28-23-18(24(34)29-21)14-26-32(23)17-6-2-1-3-7-17/h1-9,14H,10-13,15-16H2,(H,27,33)(H,28,29,34). The van der Waals surface area contributed by atoms with Crippen LogP contribution in [0.3, 0.4) is 0 Å². The van der Waals surface area contributed by atoms with Gasteiger partial charge in [-0.1, -0.05) is 41.9 Å². The van der Waals surface area contributed by atoms with Crippen LogP contribution in [0.15, 0.2) is 65.6 Å². The summed E-state index contributed by atoms with van der Waals surface area (Å²) in [5.74, 6) is 0.507. The number of anilines is 1. The molecule has 0 saturated carbocycles. The molecule has 1 aliphatic rings. The Hall–Kier alpha value is -3.53. The molecule has 5 rings (SSSR count). The molecule has 0 atom stereocenters. The normalized spacial score (nSPS) is 15.0. The van der Waals surface area contributed by atoms with E-state index in [1.807, 2.05) is 42.5 Å². The first-order valence-corrected chi connectivity index (χ1v) is 11.5. The molecule has 1 amide bonds. The molecule has 2 N–H and O–H groups in total. The van der Waals surface area contributed by atoms with Crippen molar-refractivity contribution in [1.29, 1.82) is 0 Å². The first-order valence-electron chi connectivity index (χ1n) is 11.1. The van der Waals surface area contributed by atoms with Crippen molar-refractivity contribution in [2.45, 2.75) is 6.54 Å². The van der Waals surface area contributed by atoms with Gasteiger partial charge in [0.2, 0.25) is 5.91 Å². The molecule has 4 aromatic rings. The van der Waals surface area contributed by atoms with Gasteiger partial charge < -0.3 is 10.3 Å². The maximum atomic E-state index is 12.6. The number of hydrogen-bond donors (Lipinski definition) is 2. The van der Waals surface area contributed by atoms with Crippen LogP contribution in [0.25, 0.3) is 16.7 Å². The second-order valence-corrected chi connectivity index (χ2v) is 8.63. The predicted octanol–water partition coefficient (Wildman–Crippen LogP) is 2.52. The molecular formula is C24H24ClN7O2. The van der Waals surface area contributed by atoms with Gasteiger partial charge >= 0.3 is 0 Å². The van der Waals surface area contributed by atoms with E-state index >= 15 is 0 Å². The summed E-state index contributed by atoms with van der Waals surface area (Å²) in [5, 5.41) is 8.20. The van der Waals surface area contributed by atoms with Gasteiger partial charge in [0.1, 0.15) is 11.2 Å². The fourth-order valence-corrected chi connectivity index (χ4v) is 4.25. The fraction of sp³-hybridized carbons (Fsp3) is 0.250. The van der Waals surface area contributed by atoms with E-state index in [4.69, 9.17) is 16.6 Å². The van der Waals surface area contributed by atoms with Crippen molar-refractivity contribution < 1.29 is 4.79 Å². The molecule has 1 fully saturated rings. The van der Waals surface area contributed by atoms with Crippen LogP contribution < -0.4 is 10.9 Å². The van der Waals surface area contributed by atoms with Crippen molar-refractivity contribution in [3.8, 4) is 5.69 Å². The van der Waals surface area contributed by atoms with Crippen LogP contribution >= 0.6 is 11.6 Å². The number of carbonyl (C=O) groups excluding carboxylic acids is 1. The second kappa shape index (κ2) is 9.76. The molecule has 0 radical (unpaired) electrons. The fourth-order valence-electron chi connectivity index (χ4n) is 4.07. The van der Waals surface area contributed by atoms with E-state index in [0.29, 0.717) is 40.7 Å². The Kier molecular flexibility index (Phi) is 6.39. The third kappa shape index (κ3) is 4.86. The zero-order chi connectivity index (χ0) is 23.5. The lowest BCUT2D eigenvalue weighted by Gasteiger charge is -2.33. The van der Waals surface area contributed by atoms with Crippen LogP contribution in [0.4, 0.5) is 5.69 Å². The lowest BCUT2D eigenvalue weighted by molar-refractivity contribution is -0.117. The lowest BCUT2D eigenvalue weighted by Crippen LogP contribution is -2.48. The van der Waals surface area contributed by atoms with E-state index in [0.717, 1.165) is 31.9 Å². The van der Waals surface area contributed by atoms with Gasteiger partial charge in [-0.15, -0.1) is 0 Å². The molecule has 34 heavy (non-hydrogen) atoms. The Balaban J connectivity index is 1.21.